The number of aromatic nitrogens is 2. The number of methoxy groups -OCH3 is 1. The monoisotopic (exact) mass is 535 g/mol. The molecule has 206 valence electrons. The molecule has 1 amide bonds. The molecule has 2 aromatic carbocycles. The lowest BCUT2D eigenvalue weighted by molar-refractivity contribution is -0.132. The Labute approximate surface area is 227 Å². The number of rotatable bonds is 8. The van der Waals surface area contributed by atoms with Crippen molar-refractivity contribution in [2.45, 2.75) is 76.0 Å². The Morgan fingerprint density at radius 1 is 1.03 bits per heavy atom. The molecule has 7 rings (SSSR count). The summed E-state index contributed by atoms with van der Waals surface area (Å²) in [5.41, 5.74) is 2.71. The van der Waals surface area contributed by atoms with Gasteiger partial charge in [-0.3, -0.25) is 4.79 Å². The quantitative estimate of drug-likeness (QED) is 0.307. The van der Waals surface area contributed by atoms with E-state index in [1.165, 1.54) is 0 Å². The molecule has 1 heterocycles. The predicted octanol–water partition coefficient (Wildman–Crippen LogP) is 7.11. The van der Waals surface area contributed by atoms with Gasteiger partial charge in [0.1, 0.15) is 5.75 Å². The molecule has 4 aliphatic carbocycles. The van der Waals surface area contributed by atoms with Crippen LogP contribution in [0.4, 0.5) is 14.5 Å². The van der Waals surface area contributed by atoms with Crippen LogP contribution in [0.2, 0.25) is 0 Å². The molecule has 8 heteroatoms. The van der Waals surface area contributed by atoms with E-state index in [0.29, 0.717) is 12.4 Å². The standard InChI is InChI=1S/C31H35F2N3O3/c1-21-34-28(39-35-21)30-12-9-29(10-13-30,11-14-30)20-36(27(37)15-22-18-31(32,33)19-22)25-7-3-5-23(16-25)24-6-4-8-26(17-24)38-2/h3-8,16-17,22H,9-15,18-20H2,1-2H3. The number of nitrogens with zero attached hydrogens (tertiary/aromatic N) is 3. The number of carbonyl (C=O) groups is 1. The van der Waals surface area contributed by atoms with Crippen molar-refractivity contribution in [3.8, 4) is 16.9 Å². The number of benzene rings is 2. The van der Waals surface area contributed by atoms with E-state index in [4.69, 9.17) is 9.26 Å². The van der Waals surface area contributed by atoms with E-state index in [1.807, 2.05) is 60.4 Å². The number of aryl methyl sites for hydroxylation is 1. The largest absolute Gasteiger partial charge is 0.497 e. The van der Waals surface area contributed by atoms with Gasteiger partial charge >= 0.3 is 0 Å². The number of hydrogen-bond acceptors (Lipinski definition) is 5. The van der Waals surface area contributed by atoms with E-state index in [2.05, 4.69) is 10.1 Å². The second kappa shape index (κ2) is 9.72. The summed E-state index contributed by atoms with van der Waals surface area (Å²) in [6.45, 7) is 2.44. The zero-order valence-electron chi connectivity index (χ0n) is 22.6. The van der Waals surface area contributed by atoms with Crippen LogP contribution in [0.1, 0.15) is 69.5 Å². The minimum Gasteiger partial charge on any atom is -0.497 e. The van der Waals surface area contributed by atoms with Gasteiger partial charge in [0.05, 0.1) is 7.11 Å². The molecular weight excluding hydrogens is 500 g/mol. The average Bonchev–Trinajstić information content (AvgIpc) is 3.39. The van der Waals surface area contributed by atoms with Gasteiger partial charge < -0.3 is 14.2 Å². The van der Waals surface area contributed by atoms with Gasteiger partial charge in [0.25, 0.3) is 0 Å². The van der Waals surface area contributed by atoms with Crippen molar-refractivity contribution in [2.24, 2.45) is 11.3 Å². The van der Waals surface area contributed by atoms with Crippen molar-refractivity contribution in [2.75, 3.05) is 18.6 Å². The summed E-state index contributed by atoms with van der Waals surface area (Å²) in [5.74, 6) is -0.791. The summed E-state index contributed by atoms with van der Waals surface area (Å²) < 4.78 is 38.2. The fraction of sp³-hybridized carbons (Fsp3) is 0.516. The molecule has 4 aliphatic rings. The molecule has 4 fully saturated rings. The fourth-order valence-electron chi connectivity index (χ4n) is 6.94. The molecule has 0 N–H and O–H groups in total. The Kier molecular flexibility index (Phi) is 6.47. The van der Waals surface area contributed by atoms with Crippen molar-refractivity contribution < 1.29 is 22.8 Å². The van der Waals surface area contributed by atoms with Crippen LogP contribution in [-0.2, 0) is 10.2 Å². The SMILES string of the molecule is COc1cccc(-c2cccc(N(CC34CCC(c5nc(C)no5)(CC3)CC4)C(=O)CC3CC(F)(F)C3)c2)c1. The van der Waals surface area contributed by atoms with Crippen LogP contribution < -0.4 is 9.64 Å². The van der Waals surface area contributed by atoms with Crippen LogP contribution in [0.15, 0.2) is 53.1 Å². The van der Waals surface area contributed by atoms with E-state index >= 15 is 0 Å². The normalized spacial score (nSPS) is 25.7. The molecule has 0 radical (unpaired) electrons. The molecule has 0 aliphatic heterocycles. The maximum Gasteiger partial charge on any atom is 0.248 e. The Morgan fingerprint density at radius 2 is 1.69 bits per heavy atom. The van der Waals surface area contributed by atoms with Crippen molar-refractivity contribution in [1.82, 2.24) is 10.1 Å². The maximum absolute atomic E-state index is 13.8. The highest BCUT2D eigenvalue weighted by Gasteiger charge is 2.53. The van der Waals surface area contributed by atoms with Crippen molar-refractivity contribution >= 4 is 11.6 Å². The highest BCUT2D eigenvalue weighted by Crippen LogP contribution is 2.58. The van der Waals surface area contributed by atoms with E-state index in [9.17, 15) is 13.6 Å². The number of anilines is 1. The number of alkyl halides is 2. The van der Waals surface area contributed by atoms with Crippen LogP contribution in [0.3, 0.4) is 0 Å². The maximum atomic E-state index is 13.8. The lowest BCUT2D eigenvalue weighted by Gasteiger charge is -2.53. The highest BCUT2D eigenvalue weighted by molar-refractivity contribution is 5.94. The van der Waals surface area contributed by atoms with Crippen LogP contribution in [0.25, 0.3) is 11.1 Å². The third-order valence-electron chi connectivity index (χ3n) is 9.38. The molecule has 4 saturated carbocycles. The van der Waals surface area contributed by atoms with Gasteiger partial charge in [-0.2, -0.15) is 4.98 Å². The smallest absolute Gasteiger partial charge is 0.248 e. The lowest BCUT2D eigenvalue weighted by atomic mass is 9.53. The van der Waals surface area contributed by atoms with Gasteiger partial charge in [0.2, 0.25) is 17.7 Å². The first-order valence-electron chi connectivity index (χ1n) is 13.9. The molecule has 2 bridgehead atoms. The Morgan fingerprint density at radius 3 is 2.31 bits per heavy atom. The molecule has 0 atom stereocenters. The summed E-state index contributed by atoms with van der Waals surface area (Å²) in [6, 6.07) is 15.8. The molecule has 0 spiro atoms. The molecule has 1 aromatic heterocycles. The van der Waals surface area contributed by atoms with Crippen LogP contribution >= 0.6 is 0 Å². The lowest BCUT2D eigenvalue weighted by Crippen LogP contribution is -2.51. The minimum absolute atomic E-state index is 0.0119. The Bertz CT molecular complexity index is 1340. The molecular formula is C31H35F2N3O3. The highest BCUT2D eigenvalue weighted by atomic mass is 19.3. The van der Waals surface area contributed by atoms with Crippen molar-refractivity contribution in [1.29, 1.82) is 0 Å². The average molecular weight is 536 g/mol. The topological polar surface area (TPSA) is 68.5 Å². The third-order valence-corrected chi connectivity index (χ3v) is 9.38. The molecule has 0 saturated heterocycles. The fourth-order valence-corrected chi connectivity index (χ4v) is 6.94. The summed E-state index contributed by atoms with van der Waals surface area (Å²) in [7, 11) is 1.64. The van der Waals surface area contributed by atoms with E-state index in [1.54, 1.807) is 7.11 Å². The number of hydrogen-bond donors (Lipinski definition) is 0. The van der Waals surface area contributed by atoms with Crippen LogP contribution in [0.5, 0.6) is 5.75 Å². The van der Waals surface area contributed by atoms with Gasteiger partial charge in [-0.05, 0) is 92.2 Å². The summed E-state index contributed by atoms with van der Waals surface area (Å²) in [6.07, 6.45) is 5.52. The molecule has 0 unspecified atom stereocenters. The summed E-state index contributed by atoms with van der Waals surface area (Å²) in [5, 5.41) is 4.03. The van der Waals surface area contributed by atoms with E-state index in [0.717, 1.165) is 67.0 Å². The van der Waals surface area contributed by atoms with Crippen molar-refractivity contribution in [3.63, 3.8) is 0 Å². The van der Waals surface area contributed by atoms with Crippen LogP contribution in [0, 0.1) is 18.3 Å². The number of halogens is 2. The third kappa shape index (κ3) is 5.06. The van der Waals surface area contributed by atoms with E-state index < -0.39 is 5.92 Å². The summed E-state index contributed by atoms with van der Waals surface area (Å²) >= 11 is 0. The first-order chi connectivity index (χ1) is 18.7. The van der Waals surface area contributed by atoms with E-state index in [-0.39, 0.29) is 41.9 Å². The zero-order chi connectivity index (χ0) is 27.3. The molecule has 39 heavy (non-hydrogen) atoms. The first-order valence-corrected chi connectivity index (χ1v) is 13.9. The van der Waals surface area contributed by atoms with Crippen molar-refractivity contribution in [3.05, 3.63) is 60.2 Å². The van der Waals surface area contributed by atoms with Crippen LogP contribution in [-0.4, -0.2) is 35.6 Å². The second-order valence-corrected chi connectivity index (χ2v) is 12.0. The Balaban J connectivity index is 1.26. The molecule has 6 nitrogen and oxygen atoms in total. The number of ether oxygens (including phenoxy) is 1. The minimum atomic E-state index is -2.64. The van der Waals surface area contributed by atoms with Gasteiger partial charge in [0.15, 0.2) is 5.82 Å². The predicted molar refractivity (Wildman–Crippen MR) is 144 cm³/mol. The first kappa shape index (κ1) is 26.0. The van der Waals surface area contributed by atoms with Gasteiger partial charge in [-0.25, -0.2) is 8.78 Å². The van der Waals surface area contributed by atoms with Gasteiger partial charge in [-0.1, -0.05) is 29.4 Å². The second-order valence-electron chi connectivity index (χ2n) is 12.0. The number of carbonyl (C=O) groups excluding carboxylic acids is 1. The van der Waals surface area contributed by atoms with Gasteiger partial charge in [0, 0.05) is 36.9 Å². The summed E-state index contributed by atoms with van der Waals surface area (Å²) in [4.78, 5) is 20.2. The van der Waals surface area contributed by atoms with Gasteiger partial charge in [-0.15, -0.1) is 0 Å². The number of amides is 1. The Hall–Kier alpha value is -3.29. The zero-order valence-corrected chi connectivity index (χ0v) is 22.6. The number of fused-ring (bicyclic) bond motifs is 3. The molecule has 3 aromatic rings.